The van der Waals surface area contributed by atoms with E-state index in [4.69, 9.17) is 10.7 Å². The van der Waals surface area contributed by atoms with E-state index in [1.807, 2.05) is 32.1 Å². The van der Waals surface area contributed by atoms with Crippen LogP contribution in [-0.4, -0.2) is 54.3 Å². The molecule has 2 aromatic carbocycles. The van der Waals surface area contributed by atoms with E-state index in [0.717, 1.165) is 11.4 Å². The minimum Gasteiger partial charge on any atom is -0.507 e. The first-order valence-electron chi connectivity index (χ1n) is 10.8. The average Bonchev–Trinajstić information content (AvgIpc) is 2.80. The predicted molar refractivity (Wildman–Crippen MR) is 145 cm³/mol. The van der Waals surface area contributed by atoms with Crippen molar-refractivity contribution >= 4 is 33.2 Å². The van der Waals surface area contributed by atoms with Gasteiger partial charge in [0.05, 0.1) is 31.7 Å². The first-order chi connectivity index (χ1) is 16.2. The maximum absolute atomic E-state index is 12.9. The normalized spacial score (nSPS) is 15.1. The fraction of sp³-hybridized carbons (Fsp3) is 0.240. The van der Waals surface area contributed by atoms with Gasteiger partial charge in [-0.3, -0.25) is 9.98 Å². The minimum atomic E-state index is -2.71. The van der Waals surface area contributed by atoms with Crippen LogP contribution in [0.15, 0.2) is 86.6 Å². The number of allylic oxidation sites excluding steroid dienone is 4. The molecule has 0 aliphatic heterocycles. The quantitative estimate of drug-likeness (QED) is 0.146. The second kappa shape index (κ2) is 12.6. The number of aromatic hydroxyl groups is 1. The second-order valence-electron chi connectivity index (χ2n) is 7.51. The molecule has 0 amide bonds. The number of benzene rings is 2. The van der Waals surface area contributed by atoms with Gasteiger partial charge in [-0.1, -0.05) is 24.3 Å². The topological polar surface area (TPSA) is 124 Å². The molecule has 182 valence electrons. The summed E-state index contributed by atoms with van der Waals surface area (Å²) in [5.41, 5.74) is 9.88. The Morgan fingerprint density at radius 1 is 1.15 bits per heavy atom. The van der Waals surface area contributed by atoms with Crippen LogP contribution < -0.4 is 21.1 Å². The summed E-state index contributed by atoms with van der Waals surface area (Å²) < 4.78 is 15.9. The van der Waals surface area contributed by atoms with Crippen molar-refractivity contribution in [2.75, 3.05) is 32.9 Å². The van der Waals surface area contributed by atoms with Crippen LogP contribution in [0, 0.1) is 0 Å². The lowest BCUT2D eigenvalue weighted by Crippen LogP contribution is -2.31. The molecular formula is C25H34N6O2S. The van der Waals surface area contributed by atoms with Crippen LogP contribution in [0.5, 0.6) is 5.75 Å². The first-order valence-corrected chi connectivity index (χ1v) is 12.5. The molecular weight excluding hydrogens is 448 g/mol. The number of anilines is 1. The van der Waals surface area contributed by atoms with Crippen LogP contribution in [0.2, 0.25) is 0 Å². The Morgan fingerprint density at radius 2 is 1.82 bits per heavy atom. The first kappa shape index (κ1) is 26.7. The maximum atomic E-state index is 12.9. The Morgan fingerprint density at radius 3 is 2.47 bits per heavy atom. The fourth-order valence-electron chi connectivity index (χ4n) is 3.16. The number of hydrogen-bond acceptors (Lipinski definition) is 7. The monoisotopic (exact) mass is 482 g/mol. The van der Waals surface area contributed by atoms with Crippen molar-refractivity contribution < 1.29 is 9.32 Å². The van der Waals surface area contributed by atoms with E-state index >= 15 is 0 Å². The van der Waals surface area contributed by atoms with Gasteiger partial charge < -0.3 is 21.5 Å². The van der Waals surface area contributed by atoms with E-state index in [0.29, 0.717) is 40.6 Å². The fourth-order valence-corrected chi connectivity index (χ4v) is 4.49. The average molecular weight is 483 g/mol. The third kappa shape index (κ3) is 7.50. The highest BCUT2D eigenvalue weighted by Crippen LogP contribution is 2.20. The van der Waals surface area contributed by atoms with Crippen molar-refractivity contribution in [2.45, 2.75) is 18.7 Å². The summed E-state index contributed by atoms with van der Waals surface area (Å²) in [6.45, 7) is 4.67. The number of para-hydroxylation sites is 2. The van der Waals surface area contributed by atoms with Crippen molar-refractivity contribution in [2.24, 2.45) is 9.98 Å². The summed E-state index contributed by atoms with van der Waals surface area (Å²) in [6, 6.07) is 14.0. The Hall–Kier alpha value is -3.56. The molecule has 8 nitrogen and oxygen atoms in total. The van der Waals surface area contributed by atoms with Gasteiger partial charge in [0.15, 0.2) is 0 Å². The van der Waals surface area contributed by atoms with Crippen molar-refractivity contribution in [3.05, 3.63) is 77.3 Å². The van der Waals surface area contributed by atoms with E-state index in [2.05, 4.69) is 26.2 Å². The smallest absolute Gasteiger partial charge is 0.124 e. The molecule has 0 saturated heterocycles. The number of aliphatic imine (C=N–C) groups is 2. The van der Waals surface area contributed by atoms with Gasteiger partial charge in [0.2, 0.25) is 0 Å². The van der Waals surface area contributed by atoms with Crippen LogP contribution in [-0.2, 0) is 9.71 Å². The molecule has 2 rings (SSSR count). The van der Waals surface area contributed by atoms with Gasteiger partial charge in [-0.25, -0.2) is 8.93 Å². The van der Waals surface area contributed by atoms with Crippen molar-refractivity contribution in [1.29, 1.82) is 0 Å². The summed E-state index contributed by atoms with van der Waals surface area (Å²) >= 11 is 0. The lowest BCUT2D eigenvalue weighted by Gasteiger charge is -2.15. The summed E-state index contributed by atoms with van der Waals surface area (Å²) in [6.07, 6.45) is 3.54. The summed E-state index contributed by atoms with van der Waals surface area (Å²) in [5, 5.41) is 16.7. The number of nitrogens with one attached hydrogen (secondary N) is 3. The second-order valence-corrected chi connectivity index (χ2v) is 9.59. The van der Waals surface area contributed by atoms with E-state index in [1.165, 1.54) is 0 Å². The molecule has 0 aromatic heterocycles. The summed E-state index contributed by atoms with van der Waals surface area (Å²) in [5.74, 6) is 3.95. The number of phenolic OH excluding ortho intramolecular Hbond substituents is 1. The van der Waals surface area contributed by atoms with Gasteiger partial charge in [0.25, 0.3) is 0 Å². The van der Waals surface area contributed by atoms with Gasteiger partial charge >= 0.3 is 0 Å². The lowest BCUT2D eigenvalue weighted by molar-refractivity contribution is 0.474. The Balaban J connectivity index is 2.19. The van der Waals surface area contributed by atoms with Gasteiger partial charge in [-0.2, -0.15) is 0 Å². The molecule has 0 heterocycles. The molecule has 2 aromatic rings. The van der Waals surface area contributed by atoms with Crippen LogP contribution in [0.3, 0.4) is 0 Å². The van der Waals surface area contributed by atoms with E-state index in [-0.39, 0.29) is 5.75 Å². The maximum Gasteiger partial charge on any atom is 0.124 e. The number of nitrogens with two attached hydrogens (primary N) is 1. The Labute approximate surface area is 202 Å². The highest BCUT2D eigenvalue weighted by Gasteiger charge is 2.11. The third-order valence-corrected chi connectivity index (χ3v) is 6.63. The highest BCUT2D eigenvalue weighted by atomic mass is 32.2. The van der Waals surface area contributed by atoms with Gasteiger partial charge in [0.1, 0.15) is 5.75 Å². The van der Waals surface area contributed by atoms with Gasteiger partial charge in [-0.05, 0) is 50.1 Å². The van der Waals surface area contributed by atoms with Gasteiger partial charge in [-0.15, -0.1) is 0 Å². The third-order valence-electron chi connectivity index (χ3n) is 4.88. The molecule has 34 heavy (non-hydrogen) atoms. The predicted octanol–water partition coefficient (Wildman–Crippen LogP) is 2.69. The molecule has 6 N–H and O–H groups in total. The molecule has 0 aliphatic rings. The van der Waals surface area contributed by atoms with Crippen molar-refractivity contribution in [3.63, 3.8) is 0 Å². The standard InChI is InChI=1S/C25H34N6O2S/c1-18(29-14-15-30-34(5,33)25-13-9-7-11-21(25)26)16-22(20-10-6-8-12-24(20)32)31-19(2)23(28-4)17-27-3/h6-13,16-17,28-29,32H,5,14-15,26H2,1-4H3,(H,30,33)/b18-16+,23-19-,27-17?,31-22+. The number of nitrogens with zero attached hydrogens (tertiary/aromatic N) is 2. The van der Waals surface area contributed by atoms with Crippen LogP contribution in [0.4, 0.5) is 5.69 Å². The molecule has 0 bridgehead atoms. The zero-order valence-electron chi connectivity index (χ0n) is 20.1. The number of nitrogen functional groups attached to an aromatic ring is 1. The zero-order chi connectivity index (χ0) is 25.1. The molecule has 0 spiro atoms. The van der Waals surface area contributed by atoms with Crippen LogP contribution in [0.1, 0.15) is 19.4 Å². The Kier molecular flexibility index (Phi) is 9.91. The zero-order valence-corrected chi connectivity index (χ0v) is 20.9. The number of hydrogen-bond donors (Lipinski definition) is 5. The summed E-state index contributed by atoms with van der Waals surface area (Å²) in [7, 11) is 0.781. The van der Waals surface area contributed by atoms with E-state index in [9.17, 15) is 9.32 Å². The molecule has 1 atom stereocenters. The van der Waals surface area contributed by atoms with E-state index < -0.39 is 9.71 Å². The number of phenols is 1. The van der Waals surface area contributed by atoms with Crippen LogP contribution >= 0.6 is 0 Å². The summed E-state index contributed by atoms with van der Waals surface area (Å²) in [4.78, 5) is 9.28. The van der Waals surface area contributed by atoms with Crippen molar-refractivity contribution in [3.8, 4) is 5.75 Å². The number of rotatable bonds is 11. The molecule has 0 saturated carbocycles. The minimum absolute atomic E-state index is 0.132. The molecule has 0 aliphatic carbocycles. The lowest BCUT2D eigenvalue weighted by atomic mass is 10.1. The highest BCUT2D eigenvalue weighted by molar-refractivity contribution is 7.98. The molecule has 0 fully saturated rings. The SMILES string of the molecule is C=S(=O)(NCCN/C(C)=C/C(=N\C(C)=C(\C=NC)NC)c1ccccc1O)c1ccccc1N. The molecule has 1 unspecified atom stereocenters. The largest absolute Gasteiger partial charge is 0.507 e. The van der Waals surface area contributed by atoms with Crippen molar-refractivity contribution in [1.82, 2.24) is 15.4 Å². The van der Waals surface area contributed by atoms with Crippen LogP contribution in [0.25, 0.3) is 0 Å². The Bertz CT molecular complexity index is 1210. The van der Waals surface area contributed by atoms with E-state index in [1.54, 1.807) is 56.7 Å². The van der Waals surface area contributed by atoms with Gasteiger partial charge in [0, 0.05) is 50.3 Å². The molecule has 0 radical (unpaired) electrons. The molecule has 9 heteroatoms.